The molecule has 13 heavy (non-hydrogen) atoms. The molecule has 0 radical (unpaired) electrons. The molecule has 0 heterocycles. The smallest absolute Gasteiger partial charge is 0.324 e. The molecule has 0 aliphatic carbocycles. The fourth-order valence-electron chi connectivity index (χ4n) is 0.925. The predicted molar refractivity (Wildman–Crippen MR) is 49.5 cm³/mol. The van der Waals surface area contributed by atoms with Gasteiger partial charge in [-0.3, -0.25) is 9.35 Å². The Hall–Kier alpha value is -0.460. The molecule has 0 aromatic heterocycles. The molecule has 0 spiro atoms. The molecule has 0 amide bonds. The molecule has 0 saturated heterocycles. The van der Waals surface area contributed by atoms with Crippen LogP contribution in [0.4, 0.5) is 0 Å². The van der Waals surface area contributed by atoms with Gasteiger partial charge in [-0.25, -0.2) is 4.21 Å². The Bertz CT molecular complexity index is 209. The van der Waals surface area contributed by atoms with Crippen LogP contribution < -0.4 is 4.72 Å². The maximum atomic E-state index is 10.8. The molecular weight excluding hydrogens is 194 g/mol. The van der Waals surface area contributed by atoms with Gasteiger partial charge in [-0.15, -0.1) is 0 Å². The molecule has 5 nitrogen and oxygen atoms in total. The average molecular weight is 209 g/mol. The molecule has 0 aromatic rings. The highest BCUT2D eigenvalue weighted by atomic mass is 32.2. The summed E-state index contributed by atoms with van der Waals surface area (Å²) in [6, 6.07) is 0. The second-order valence-electron chi connectivity index (χ2n) is 3.09. The maximum Gasteiger partial charge on any atom is 0.324 e. The number of unbranched alkanes of at least 4 members (excludes halogenated alkanes) is 1. The largest absolute Gasteiger partial charge is 0.480 e. The van der Waals surface area contributed by atoms with Crippen molar-refractivity contribution in [1.82, 2.24) is 4.72 Å². The molecule has 3 N–H and O–H groups in total. The van der Waals surface area contributed by atoms with Crippen molar-refractivity contribution in [3.8, 4) is 0 Å². The molecule has 0 aliphatic rings. The van der Waals surface area contributed by atoms with Crippen LogP contribution in [0, 0.1) is 0 Å². The van der Waals surface area contributed by atoms with Gasteiger partial charge in [0.25, 0.3) is 0 Å². The number of carboxylic acids is 1. The van der Waals surface area contributed by atoms with Crippen LogP contribution in [-0.4, -0.2) is 25.4 Å². The summed E-state index contributed by atoms with van der Waals surface area (Å²) in [4.78, 5) is 10.8. The van der Waals surface area contributed by atoms with Crippen LogP contribution in [-0.2, 0) is 16.1 Å². The summed E-state index contributed by atoms with van der Waals surface area (Å²) in [6.45, 7) is 3.33. The number of hydrogen-bond donors (Lipinski definition) is 3. The Morgan fingerprint density at radius 1 is 1.62 bits per heavy atom. The molecule has 0 aliphatic heterocycles. The van der Waals surface area contributed by atoms with E-state index in [1.165, 1.54) is 6.92 Å². The third kappa shape index (κ3) is 4.35. The van der Waals surface area contributed by atoms with E-state index in [1.54, 1.807) is 0 Å². The summed E-state index contributed by atoms with van der Waals surface area (Å²) >= 11 is -2.29. The normalized spacial score (nSPS) is 17.8. The lowest BCUT2D eigenvalue weighted by atomic mass is 9.97. The topological polar surface area (TPSA) is 86.6 Å². The molecule has 0 saturated carbocycles. The number of nitrogens with one attached hydrogen (secondary N) is 1. The fourth-order valence-corrected chi connectivity index (χ4v) is 1.50. The quantitative estimate of drug-likeness (QED) is 0.563. The Balaban J connectivity index is 4.34. The zero-order valence-corrected chi connectivity index (χ0v) is 8.56. The second-order valence-corrected chi connectivity index (χ2v) is 3.79. The fraction of sp³-hybridized carbons (Fsp3) is 0.857. The van der Waals surface area contributed by atoms with Crippen molar-refractivity contribution < 1.29 is 18.7 Å². The van der Waals surface area contributed by atoms with Crippen LogP contribution in [0.5, 0.6) is 0 Å². The molecule has 0 rings (SSSR count). The first kappa shape index (κ1) is 12.5. The van der Waals surface area contributed by atoms with Crippen LogP contribution in [0.1, 0.15) is 33.1 Å². The Morgan fingerprint density at radius 2 is 2.15 bits per heavy atom. The molecule has 78 valence electrons. The number of carboxylic acid groups (broad SMARTS) is 1. The van der Waals surface area contributed by atoms with Crippen LogP contribution in [0.15, 0.2) is 0 Å². The van der Waals surface area contributed by atoms with Crippen molar-refractivity contribution in [2.75, 3.05) is 0 Å². The molecule has 2 unspecified atom stereocenters. The number of aliphatic carboxylic acids is 1. The van der Waals surface area contributed by atoms with Gasteiger partial charge in [0, 0.05) is 0 Å². The Morgan fingerprint density at radius 3 is 2.46 bits per heavy atom. The summed E-state index contributed by atoms with van der Waals surface area (Å²) in [6.07, 6.45) is 1.89. The second kappa shape index (κ2) is 5.31. The third-order valence-electron chi connectivity index (χ3n) is 1.81. The van der Waals surface area contributed by atoms with Crippen LogP contribution in [0.2, 0.25) is 0 Å². The number of rotatable bonds is 6. The van der Waals surface area contributed by atoms with Gasteiger partial charge < -0.3 is 5.11 Å². The lowest BCUT2D eigenvalue weighted by molar-refractivity contribution is -0.143. The van der Waals surface area contributed by atoms with Crippen molar-refractivity contribution in [2.24, 2.45) is 0 Å². The van der Waals surface area contributed by atoms with Gasteiger partial charge in [0.05, 0.1) is 0 Å². The SMILES string of the molecule is CCCCC(C)(NS(=O)O)C(=O)O. The monoisotopic (exact) mass is 209 g/mol. The molecule has 0 fully saturated rings. The van der Waals surface area contributed by atoms with Gasteiger partial charge in [0.15, 0.2) is 0 Å². The average Bonchev–Trinajstić information content (AvgIpc) is 1.99. The summed E-state index contributed by atoms with van der Waals surface area (Å²) in [5.74, 6) is -1.11. The third-order valence-corrected chi connectivity index (χ3v) is 2.44. The Labute approximate surface area is 79.9 Å². The number of hydrogen-bond acceptors (Lipinski definition) is 2. The molecule has 2 atom stereocenters. The van der Waals surface area contributed by atoms with E-state index >= 15 is 0 Å². The van der Waals surface area contributed by atoms with Gasteiger partial charge in [0.1, 0.15) is 5.54 Å². The molecule has 0 aromatic carbocycles. The zero-order valence-electron chi connectivity index (χ0n) is 7.74. The lowest BCUT2D eigenvalue weighted by Crippen LogP contribution is -2.49. The van der Waals surface area contributed by atoms with Crippen molar-refractivity contribution >= 4 is 17.2 Å². The lowest BCUT2D eigenvalue weighted by Gasteiger charge is -2.23. The summed E-state index contributed by atoms with van der Waals surface area (Å²) in [5.41, 5.74) is -1.31. The van der Waals surface area contributed by atoms with Gasteiger partial charge in [-0.05, 0) is 13.3 Å². The van der Waals surface area contributed by atoms with E-state index in [9.17, 15) is 9.00 Å². The number of carbonyl (C=O) groups is 1. The van der Waals surface area contributed by atoms with Crippen molar-refractivity contribution in [3.05, 3.63) is 0 Å². The van der Waals surface area contributed by atoms with E-state index in [2.05, 4.69) is 4.72 Å². The zero-order chi connectivity index (χ0) is 10.5. The predicted octanol–water partition coefficient (Wildman–Crippen LogP) is 0.746. The van der Waals surface area contributed by atoms with Gasteiger partial charge >= 0.3 is 5.97 Å². The minimum Gasteiger partial charge on any atom is -0.480 e. The molecule has 0 bridgehead atoms. The molecular formula is C7H15NO4S. The maximum absolute atomic E-state index is 10.8. The standard InChI is InChI=1S/C7H15NO4S/c1-3-4-5-7(2,6(9)10)8-13(11)12/h8H,3-5H2,1-2H3,(H,9,10)(H,11,12). The summed E-state index contributed by atoms with van der Waals surface area (Å²) in [5, 5.41) is 8.80. The highest BCUT2D eigenvalue weighted by Crippen LogP contribution is 2.14. The minimum absolute atomic E-state index is 0.338. The van der Waals surface area contributed by atoms with Crippen molar-refractivity contribution in [2.45, 2.75) is 38.6 Å². The van der Waals surface area contributed by atoms with Crippen LogP contribution in [0.25, 0.3) is 0 Å². The van der Waals surface area contributed by atoms with Gasteiger partial charge in [-0.1, -0.05) is 19.8 Å². The van der Waals surface area contributed by atoms with Crippen molar-refractivity contribution in [3.63, 3.8) is 0 Å². The highest BCUT2D eigenvalue weighted by Gasteiger charge is 2.33. The first-order valence-corrected chi connectivity index (χ1v) is 5.15. The van der Waals surface area contributed by atoms with Gasteiger partial charge in [-0.2, -0.15) is 4.72 Å². The van der Waals surface area contributed by atoms with E-state index in [-0.39, 0.29) is 0 Å². The van der Waals surface area contributed by atoms with Crippen LogP contribution >= 0.6 is 0 Å². The van der Waals surface area contributed by atoms with E-state index < -0.39 is 22.8 Å². The minimum atomic E-state index is -2.29. The Kier molecular flexibility index (Phi) is 5.12. The first-order chi connectivity index (χ1) is 5.92. The highest BCUT2D eigenvalue weighted by molar-refractivity contribution is 7.77. The van der Waals surface area contributed by atoms with E-state index in [4.69, 9.17) is 9.66 Å². The van der Waals surface area contributed by atoms with E-state index in [0.29, 0.717) is 12.8 Å². The first-order valence-electron chi connectivity index (χ1n) is 4.04. The van der Waals surface area contributed by atoms with E-state index in [1.807, 2.05) is 6.92 Å². The van der Waals surface area contributed by atoms with Gasteiger partial charge in [0.2, 0.25) is 11.3 Å². The van der Waals surface area contributed by atoms with Crippen LogP contribution in [0.3, 0.4) is 0 Å². The van der Waals surface area contributed by atoms with Crippen molar-refractivity contribution in [1.29, 1.82) is 0 Å². The van der Waals surface area contributed by atoms with E-state index in [0.717, 1.165) is 6.42 Å². The molecule has 6 heteroatoms. The summed E-state index contributed by atoms with van der Waals surface area (Å²) < 4.78 is 21.1. The summed E-state index contributed by atoms with van der Waals surface area (Å²) in [7, 11) is 0.